The molecule has 0 saturated carbocycles. The van der Waals surface area contributed by atoms with Gasteiger partial charge in [-0.3, -0.25) is 0 Å². The second-order valence-electron chi connectivity index (χ2n) is 5.21. The molecule has 0 aliphatic carbocycles. The molecule has 1 unspecified atom stereocenters. The van der Waals surface area contributed by atoms with Crippen LogP contribution in [-0.2, 0) is 16.4 Å². The van der Waals surface area contributed by atoms with E-state index in [1.54, 1.807) is 0 Å². The van der Waals surface area contributed by atoms with Gasteiger partial charge in [-0.25, -0.2) is 8.42 Å². The first-order valence-electron chi connectivity index (χ1n) is 6.89. The number of hydrogen-bond donors (Lipinski definition) is 1. The van der Waals surface area contributed by atoms with E-state index in [-0.39, 0.29) is 17.5 Å². The average Bonchev–Trinajstić information content (AvgIpc) is 2.36. The van der Waals surface area contributed by atoms with Crippen molar-refractivity contribution in [2.24, 2.45) is 0 Å². The Bertz CT molecular complexity index is 575. The fourth-order valence-corrected chi connectivity index (χ4v) is 4.56. The molecule has 0 aromatic heterocycles. The molecule has 0 spiro atoms. The second-order valence-corrected chi connectivity index (χ2v) is 8.35. The lowest BCUT2D eigenvalue weighted by Crippen LogP contribution is -2.47. The van der Waals surface area contributed by atoms with E-state index in [1.807, 2.05) is 13.0 Å². The van der Waals surface area contributed by atoms with Gasteiger partial charge in [0.1, 0.15) is 0 Å². The Labute approximate surface area is 129 Å². The Morgan fingerprint density at radius 2 is 2.20 bits per heavy atom. The minimum atomic E-state index is -2.88. The topological polar surface area (TPSA) is 49.4 Å². The van der Waals surface area contributed by atoms with Crippen molar-refractivity contribution >= 4 is 31.5 Å². The molecule has 1 aromatic rings. The molecular weight excluding hydrogens is 340 g/mol. The predicted octanol–water partition coefficient (Wildman–Crippen LogP) is 2.18. The molecule has 1 heterocycles. The third kappa shape index (κ3) is 3.74. The van der Waals surface area contributed by atoms with E-state index in [4.69, 9.17) is 0 Å². The number of nitrogens with zero attached hydrogens (tertiary/aromatic N) is 1. The minimum Gasteiger partial charge on any atom is -0.367 e. The van der Waals surface area contributed by atoms with Crippen molar-refractivity contribution < 1.29 is 8.42 Å². The standard InChI is InChI=1S/C14H21BrN2O2S/c1-3-16-9-12-8-13(15)4-5-14(12)17-6-7-20(18,19)10-11(17)2/h4-5,8,11,16H,3,6-7,9-10H2,1-2H3. The maximum atomic E-state index is 11.7. The van der Waals surface area contributed by atoms with Crippen LogP contribution in [-0.4, -0.2) is 39.1 Å². The van der Waals surface area contributed by atoms with Crippen LogP contribution < -0.4 is 10.2 Å². The van der Waals surface area contributed by atoms with Crippen molar-refractivity contribution in [3.05, 3.63) is 28.2 Å². The number of hydrogen-bond acceptors (Lipinski definition) is 4. The van der Waals surface area contributed by atoms with Crippen molar-refractivity contribution in [2.45, 2.75) is 26.4 Å². The van der Waals surface area contributed by atoms with E-state index in [0.29, 0.717) is 6.54 Å². The molecule has 112 valence electrons. The Balaban J connectivity index is 2.27. The van der Waals surface area contributed by atoms with Crippen molar-refractivity contribution in [1.29, 1.82) is 0 Å². The van der Waals surface area contributed by atoms with Gasteiger partial charge in [0.15, 0.2) is 9.84 Å². The Morgan fingerprint density at radius 3 is 2.85 bits per heavy atom. The summed E-state index contributed by atoms with van der Waals surface area (Å²) in [5.41, 5.74) is 2.34. The summed E-state index contributed by atoms with van der Waals surface area (Å²) in [6, 6.07) is 6.22. The molecule has 0 bridgehead atoms. The van der Waals surface area contributed by atoms with Crippen LogP contribution in [0.5, 0.6) is 0 Å². The van der Waals surface area contributed by atoms with Gasteiger partial charge >= 0.3 is 0 Å². The van der Waals surface area contributed by atoms with E-state index in [9.17, 15) is 8.42 Å². The molecule has 0 amide bonds. The summed E-state index contributed by atoms with van der Waals surface area (Å²) in [6.07, 6.45) is 0. The number of halogens is 1. The third-order valence-corrected chi connectivity index (χ3v) is 5.87. The fourth-order valence-electron chi connectivity index (χ4n) is 2.59. The normalized spacial score (nSPS) is 21.9. The molecule has 1 saturated heterocycles. The Morgan fingerprint density at radius 1 is 1.45 bits per heavy atom. The summed E-state index contributed by atoms with van der Waals surface area (Å²) < 4.78 is 24.5. The van der Waals surface area contributed by atoms with Gasteiger partial charge in [-0.2, -0.15) is 0 Å². The maximum absolute atomic E-state index is 11.7. The number of nitrogens with one attached hydrogen (secondary N) is 1. The summed E-state index contributed by atoms with van der Waals surface area (Å²) in [7, 11) is -2.88. The van der Waals surface area contributed by atoms with Gasteiger partial charge in [0.25, 0.3) is 0 Å². The van der Waals surface area contributed by atoms with E-state index >= 15 is 0 Å². The maximum Gasteiger partial charge on any atom is 0.154 e. The third-order valence-electron chi connectivity index (χ3n) is 3.59. The number of sulfone groups is 1. The number of rotatable bonds is 4. The highest BCUT2D eigenvalue weighted by Crippen LogP contribution is 2.28. The van der Waals surface area contributed by atoms with Crippen LogP contribution >= 0.6 is 15.9 Å². The van der Waals surface area contributed by atoms with Crippen molar-refractivity contribution in [1.82, 2.24) is 5.32 Å². The fraction of sp³-hybridized carbons (Fsp3) is 0.571. The van der Waals surface area contributed by atoms with E-state index in [1.165, 1.54) is 5.56 Å². The summed E-state index contributed by atoms with van der Waals surface area (Å²) in [5, 5.41) is 3.34. The molecule has 1 aromatic carbocycles. The SMILES string of the molecule is CCNCc1cc(Br)ccc1N1CCS(=O)(=O)CC1C. The smallest absolute Gasteiger partial charge is 0.154 e. The zero-order chi connectivity index (χ0) is 14.8. The second kappa shape index (κ2) is 6.45. The van der Waals surface area contributed by atoms with Crippen LogP contribution in [0.25, 0.3) is 0 Å². The molecular formula is C14H21BrN2O2S. The van der Waals surface area contributed by atoms with E-state index in [2.05, 4.69) is 45.2 Å². The van der Waals surface area contributed by atoms with Crippen LogP contribution in [0.15, 0.2) is 22.7 Å². The highest BCUT2D eigenvalue weighted by Gasteiger charge is 2.29. The van der Waals surface area contributed by atoms with Crippen molar-refractivity contribution in [2.75, 3.05) is 29.5 Å². The summed E-state index contributed by atoms with van der Waals surface area (Å²) in [4.78, 5) is 2.21. The van der Waals surface area contributed by atoms with Crippen LogP contribution in [0.4, 0.5) is 5.69 Å². The number of anilines is 1. The first-order chi connectivity index (χ1) is 9.43. The molecule has 1 aliphatic rings. The van der Waals surface area contributed by atoms with Gasteiger partial charge in [-0.1, -0.05) is 22.9 Å². The Kier molecular flexibility index (Phi) is 5.09. The monoisotopic (exact) mass is 360 g/mol. The van der Waals surface area contributed by atoms with Crippen LogP contribution in [0.2, 0.25) is 0 Å². The average molecular weight is 361 g/mol. The van der Waals surface area contributed by atoms with Gasteiger partial charge in [0, 0.05) is 29.3 Å². The predicted molar refractivity (Wildman–Crippen MR) is 87.0 cm³/mol. The van der Waals surface area contributed by atoms with Gasteiger partial charge < -0.3 is 10.2 Å². The Hall–Kier alpha value is -0.590. The molecule has 4 nitrogen and oxygen atoms in total. The zero-order valence-electron chi connectivity index (χ0n) is 11.9. The lowest BCUT2D eigenvalue weighted by molar-refractivity contribution is 0.567. The zero-order valence-corrected chi connectivity index (χ0v) is 14.3. The van der Waals surface area contributed by atoms with Crippen molar-refractivity contribution in [3.63, 3.8) is 0 Å². The summed E-state index contributed by atoms with van der Waals surface area (Å²) in [5.74, 6) is 0.484. The molecule has 6 heteroatoms. The largest absolute Gasteiger partial charge is 0.367 e. The number of benzene rings is 1. The first kappa shape index (κ1) is 15.8. The lowest BCUT2D eigenvalue weighted by atomic mass is 10.1. The lowest BCUT2D eigenvalue weighted by Gasteiger charge is -2.36. The highest BCUT2D eigenvalue weighted by molar-refractivity contribution is 9.10. The molecule has 1 atom stereocenters. The summed E-state index contributed by atoms with van der Waals surface area (Å²) >= 11 is 3.50. The molecule has 1 N–H and O–H groups in total. The van der Waals surface area contributed by atoms with Crippen LogP contribution in [0, 0.1) is 0 Å². The highest BCUT2D eigenvalue weighted by atomic mass is 79.9. The molecule has 20 heavy (non-hydrogen) atoms. The first-order valence-corrected chi connectivity index (χ1v) is 9.50. The van der Waals surface area contributed by atoms with Gasteiger partial charge in [0.2, 0.25) is 0 Å². The van der Waals surface area contributed by atoms with Crippen molar-refractivity contribution in [3.8, 4) is 0 Å². The molecule has 0 radical (unpaired) electrons. The summed E-state index contributed by atoms with van der Waals surface area (Å²) in [6.45, 7) is 6.34. The van der Waals surface area contributed by atoms with Crippen LogP contribution in [0.3, 0.4) is 0 Å². The molecule has 1 aliphatic heterocycles. The van der Waals surface area contributed by atoms with E-state index in [0.717, 1.165) is 23.2 Å². The van der Waals surface area contributed by atoms with Gasteiger partial charge in [-0.05, 0) is 37.2 Å². The van der Waals surface area contributed by atoms with Gasteiger partial charge in [0.05, 0.1) is 11.5 Å². The molecule has 1 fully saturated rings. The van der Waals surface area contributed by atoms with E-state index < -0.39 is 9.84 Å². The van der Waals surface area contributed by atoms with Gasteiger partial charge in [-0.15, -0.1) is 0 Å². The van der Waals surface area contributed by atoms with Crippen LogP contribution in [0.1, 0.15) is 19.4 Å². The molecule has 2 rings (SSSR count). The minimum absolute atomic E-state index is 0.0234. The quantitative estimate of drug-likeness (QED) is 0.893.